The predicted octanol–water partition coefficient (Wildman–Crippen LogP) is 1.90. The highest BCUT2D eigenvalue weighted by Gasteiger charge is 2.16. The number of likely N-dealkylation sites (N-methyl/N-ethyl adjacent to an activating group) is 1. The van der Waals surface area contributed by atoms with Crippen molar-refractivity contribution in [1.29, 1.82) is 0 Å². The van der Waals surface area contributed by atoms with Crippen LogP contribution >= 0.6 is 0 Å². The number of nitrogens with zero attached hydrogens (tertiary/aromatic N) is 3. The zero-order chi connectivity index (χ0) is 15.1. The highest BCUT2D eigenvalue weighted by Crippen LogP contribution is 2.17. The maximum absolute atomic E-state index is 12.1. The van der Waals surface area contributed by atoms with Crippen molar-refractivity contribution in [3.05, 3.63) is 11.8 Å². The van der Waals surface area contributed by atoms with Crippen LogP contribution in [-0.2, 0) is 17.8 Å². The molecule has 2 rings (SSSR count). The molecule has 0 aromatic carbocycles. The van der Waals surface area contributed by atoms with Crippen LogP contribution in [0.5, 0.6) is 0 Å². The fourth-order valence-corrected chi connectivity index (χ4v) is 2.72. The van der Waals surface area contributed by atoms with E-state index in [1.165, 1.54) is 25.7 Å². The van der Waals surface area contributed by atoms with Crippen LogP contribution in [0, 0.1) is 0 Å². The Bertz CT molecular complexity index is 439. The second-order valence-electron chi connectivity index (χ2n) is 5.87. The Morgan fingerprint density at radius 2 is 1.90 bits per heavy atom. The van der Waals surface area contributed by atoms with E-state index < -0.39 is 0 Å². The summed E-state index contributed by atoms with van der Waals surface area (Å²) in [5.74, 6) is 1.29. The molecule has 1 fully saturated rings. The third-order valence-corrected chi connectivity index (χ3v) is 3.85. The van der Waals surface area contributed by atoms with Crippen molar-refractivity contribution in [2.75, 3.05) is 13.6 Å². The number of carbonyl (C=O) groups is 1. The Balaban J connectivity index is 1.73. The van der Waals surface area contributed by atoms with Gasteiger partial charge in [0.15, 0.2) is 0 Å². The summed E-state index contributed by atoms with van der Waals surface area (Å²) in [4.78, 5) is 14.0. The first-order chi connectivity index (χ1) is 10.2. The van der Waals surface area contributed by atoms with Gasteiger partial charge in [-0.15, -0.1) is 10.2 Å². The smallest absolute Gasteiger partial charge is 0.234 e. The standard InChI is InChI=1S/C15H26N4O2/c1-3-14-17-18-15(21-14)11-19(2)10-13(20)16-12-8-6-4-5-7-9-12/h12H,3-11H2,1-2H3,(H,16,20). The third-order valence-electron chi connectivity index (χ3n) is 3.85. The molecule has 21 heavy (non-hydrogen) atoms. The van der Waals surface area contributed by atoms with E-state index in [9.17, 15) is 4.79 Å². The molecule has 1 heterocycles. The lowest BCUT2D eigenvalue weighted by Crippen LogP contribution is -2.40. The molecule has 118 valence electrons. The molecule has 1 aliphatic carbocycles. The number of rotatable bonds is 6. The van der Waals surface area contributed by atoms with E-state index in [2.05, 4.69) is 15.5 Å². The Morgan fingerprint density at radius 1 is 1.24 bits per heavy atom. The number of hydrogen-bond acceptors (Lipinski definition) is 5. The summed E-state index contributed by atoms with van der Waals surface area (Å²) < 4.78 is 5.46. The Hall–Kier alpha value is -1.43. The Kier molecular flexibility index (Phi) is 6.17. The first kappa shape index (κ1) is 15.9. The largest absolute Gasteiger partial charge is 0.424 e. The summed E-state index contributed by atoms with van der Waals surface area (Å²) in [5, 5.41) is 11.0. The molecule has 1 aromatic rings. The van der Waals surface area contributed by atoms with E-state index in [1.807, 2.05) is 18.9 Å². The van der Waals surface area contributed by atoms with Crippen LogP contribution in [0.2, 0.25) is 0 Å². The summed E-state index contributed by atoms with van der Waals surface area (Å²) in [6.07, 6.45) is 7.99. The van der Waals surface area contributed by atoms with E-state index in [-0.39, 0.29) is 5.91 Å². The van der Waals surface area contributed by atoms with Crippen molar-refractivity contribution < 1.29 is 9.21 Å². The van der Waals surface area contributed by atoms with Crippen LogP contribution in [0.1, 0.15) is 57.2 Å². The van der Waals surface area contributed by atoms with Crippen LogP contribution in [-0.4, -0.2) is 40.6 Å². The van der Waals surface area contributed by atoms with Gasteiger partial charge in [0, 0.05) is 12.5 Å². The molecule has 6 nitrogen and oxygen atoms in total. The topological polar surface area (TPSA) is 71.3 Å². The number of aryl methyl sites for hydroxylation is 1. The summed E-state index contributed by atoms with van der Waals surface area (Å²) >= 11 is 0. The van der Waals surface area contributed by atoms with Gasteiger partial charge >= 0.3 is 0 Å². The van der Waals surface area contributed by atoms with Gasteiger partial charge in [-0.05, 0) is 19.9 Å². The van der Waals surface area contributed by atoms with Gasteiger partial charge in [0.25, 0.3) is 0 Å². The molecule has 0 unspecified atom stereocenters. The molecule has 0 radical (unpaired) electrons. The zero-order valence-corrected chi connectivity index (χ0v) is 13.1. The molecular weight excluding hydrogens is 268 g/mol. The average molecular weight is 294 g/mol. The normalized spacial score (nSPS) is 16.9. The second-order valence-corrected chi connectivity index (χ2v) is 5.87. The second kappa shape index (κ2) is 8.12. The Labute approximate surface area is 126 Å². The van der Waals surface area contributed by atoms with E-state index in [0.717, 1.165) is 19.3 Å². The van der Waals surface area contributed by atoms with Crippen molar-refractivity contribution in [1.82, 2.24) is 20.4 Å². The molecule has 1 saturated carbocycles. The number of carbonyl (C=O) groups excluding carboxylic acids is 1. The van der Waals surface area contributed by atoms with Gasteiger partial charge < -0.3 is 9.73 Å². The maximum Gasteiger partial charge on any atom is 0.234 e. The van der Waals surface area contributed by atoms with Crippen LogP contribution in [0.3, 0.4) is 0 Å². The summed E-state index contributed by atoms with van der Waals surface area (Å²) in [7, 11) is 1.89. The predicted molar refractivity (Wildman–Crippen MR) is 79.6 cm³/mol. The van der Waals surface area contributed by atoms with Crippen LogP contribution in [0.15, 0.2) is 4.42 Å². The van der Waals surface area contributed by atoms with E-state index in [0.29, 0.717) is 30.9 Å². The maximum atomic E-state index is 12.1. The van der Waals surface area contributed by atoms with Crippen LogP contribution in [0.4, 0.5) is 0 Å². The number of amides is 1. The van der Waals surface area contributed by atoms with Crippen molar-refractivity contribution in [3.8, 4) is 0 Å². The molecule has 0 atom stereocenters. The molecule has 0 aliphatic heterocycles. The van der Waals surface area contributed by atoms with Crippen molar-refractivity contribution >= 4 is 5.91 Å². The molecular formula is C15H26N4O2. The van der Waals surface area contributed by atoms with Gasteiger partial charge in [-0.3, -0.25) is 9.69 Å². The zero-order valence-electron chi connectivity index (χ0n) is 13.1. The first-order valence-corrected chi connectivity index (χ1v) is 7.96. The summed E-state index contributed by atoms with van der Waals surface area (Å²) in [6, 6.07) is 0.350. The first-order valence-electron chi connectivity index (χ1n) is 7.96. The number of hydrogen-bond donors (Lipinski definition) is 1. The lowest BCUT2D eigenvalue weighted by molar-refractivity contribution is -0.122. The molecule has 0 saturated heterocycles. The quantitative estimate of drug-likeness (QED) is 0.811. The number of nitrogens with one attached hydrogen (secondary N) is 1. The minimum atomic E-state index is 0.0830. The van der Waals surface area contributed by atoms with Crippen molar-refractivity contribution in [2.24, 2.45) is 0 Å². The summed E-state index contributed by atoms with van der Waals surface area (Å²) in [5.41, 5.74) is 0. The Morgan fingerprint density at radius 3 is 2.52 bits per heavy atom. The van der Waals surface area contributed by atoms with E-state index >= 15 is 0 Å². The lowest BCUT2D eigenvalue weighted by Gasteiger charge is -2.19. The summed E-state index contributed by atoms with van der Waals surface area (Å²) in [6.45, 7) is 2.84. The van der Waals surface area contributed by atoms with E-state index in [1.54, 1.807) is 0 Å². The molecule has 1 aromatic heterocycles. The highest BCUT2D eigenvalue weighted by atomic mass is 16.4. The minimum Gasteiger partial charge on any atom is -0.424 e. The minimum absolute atomic E-state index is 0.0830. The molecule has 1 aliphatic rings. The van der Waals surface area contributed by atoms with Gasteiger partial charge in [0.2, 0.25) is 17.7 Å². The van der Waals surface area contributed by atoms with Gasteiger partial charge in [0.05, 0.1) is 13.1 Å². The third kappa shape index (κ3) is 5.46. The van der Waals surface area contributed by atoms with Crippen LogP contribution < -0.4 is 5.32 Å². The SMILES string of the molecule is CCc1nnc(CN(C)CC(=O)NC2CCCCCC2)o1. The van der Waals surface area contributed by atoms with Crippen molar-refractivity contribution in [3.63, 3.8) is 0 Å². The van der Waals surface area contributed by atoms with Crippen LogP contribution in [0.25, 0.3) is 0 Å². The molecule has 1 amide bonds. The molecule has 1 N–H and O–H groups in total. The highest BCUT2D eigenvalue weighted by molar-refractivity contribution is 5.78. The fourth-order valence-electron chi connectivity index (χ4n) is 2.72. The average Bonchev–Trinajstić information content (AvgIpc) is 2.73. The fraction of sp³-hybridized carbons (Fsp3) is 0.800. The van der Waals surface area contributed by atoms with E-state index in [4.69, 9.17) is 4.42 Å². The van der Waals surface area contributed by atoms with Gasteiger partial charge in [-0.25, -0.2) is 0 Å². The van der Waals surface area contributed by atoms with Gasteiger partial charge in [-0.1, -0.05) is 32.6 Å². The van der Waals surface area contributed by atoms with Gasteiger partial charge in [0.1, 0.15) is 0 Å². The molecule has 6 heteroatoms. The monoisotopic (exact) mass is 294 g/mol. The number of aromatic nitrogens is 2. The van der Waals surface area contributed by atoms with Gasteiger partial charge in [-0.2, -0.15) is 0 Å². The lowest BCUT2D eigenvalue weighted by atomic mass is 10.1. The molecule has 0 spiro atoms. The van der Waals surface area contributed by atoms with Crippen molar-refractivity contribution in [2.45, 2.75) is 64.5 Å². The molecule has 0 bridgehead atoms.